The third-order valence-corrected chi connectivity index (χ3v) is 4.18. The largest absolute Gasteiger partial charge is 0.445 e. The van der Waals surface area contributed by atoms with Crippen molar-refractivity contribution in [3.05, 3.63) is 42.0 Å². The third kappa shape index (κ3) is 2.28. The molecule has 0 aromatic heterocycles. The number of nitrogens with one attached hydrogen (secondary N) is 1. The van der Waals surface area contributed by atoms with Crippen molar-refractivity contribution < 1.29 is 22.7 Å². The number of hydrogen-bond donors (Lipinski definition) is 1. The smallest absolute Gasteiger partial charge is 0.415 e. The Bertz CT molecular complexity index is 906. The molecule has 1 aliphatic carbocycles. The lowest BCUT2D eigenvalue weighted by molar-refractivity contribution is -0.239. The summed E-state index contributed by atoms with van der Waals surface area (Å²) in [5.74, 6) is 4.78. The first kappa shape index (κ1) is 14.9. The fourth-order valence-corrected chi connectivity index (χ4v) is 2.77. The lowest BCUT2D eigenvalue weighted by atomic mass is 9.88. The normalized spacial score (nSPS) is 22.9. The Balaban J connectivity index is 1.99. The summed E-state index contributed by atoms with van der Waals surface area (Å²) >= 11 is 0. The molecule has 1 heterocycles. The minimum atomic E-state index is -4.84. The molecule has 1 saturated carbocycles. The molecule has 2 aromatic rings. The van der Waals surface area contributed by atoms with E-state index in [4.69, 9.17) is 4.74 Å². The number of rotatable bonds is 0. The molecule has 1 amide bonds. The second-order valence-corrected chi connectivity index (χ2v) is 5.98. The van der Waals surface area contributed by atoms with E-state index in [0.717, 1.165) is 18.2 Å². The fourth-order valence-electron chi connectivity index (χ4n) is 2.77. The van der Waals surface area contributed by atoms with Crippen LogP contribution in [-0.4, -0.2) is 12.3 Å². The van der Waals surface area contributed by atoms with E-state index in [9.17, 15) is 18.0 Å². The molecular formula is C18H12F3NO2. The molecule has 2 aromatic carbocycles. The molecule has 0 bridgehead atoms. The third-order valence-electron chi connectivity index (χ3n) is 4.18. The van der Waals surface area contributed by atoms with Gasteiger partial charge in [0, 0.05) is 11.5 Å². The predicted molar refractivity (Wildman–Crippen MR) is 82.3 cm³/mol. The maximum absolute atomic E-state index is 13.9. The van der Waals surface area contributed by atoms with Crippen LogP contribution in [0, 0.1) is 17.8 Å². The van der Waals surface area contributed by atoms with Gasteiger partial charge in [0.25, 0.3) is 5.60 Å². The van der Waals surface area contributed by atoms with Gasteiger partial charge in [0.15, 0.2) is 0 Å². The van der Waals surface area contributed by atoms with E-state index in [1.165, 1.54) is 12.1 Å². The first-order chi connectivity index (χ1) is 11.4. The van der Waals surface area contributed by atoms with Gasteiger partial charge in [-0.3, -0.25) is 5.32 Å². The summed E-state index contributed by atoms with van der Waals surface area (Å²) < 4.78 is 46.5. The molecule has 1 atom stereocenters. The minimum absolute atomic E-state index is 0.0540. The molecule has 1 fully saturated rings. The maximum atomic E-state index is 13.9. The molecule has 0 radical (unpaired) electrons. The van der Waals surface area contributed by atoms with Gasteiger partial charge in [0.2, 0.25) is 0 Å². The van der Waals surface area contributed by atoms with Gasteiger partial charge < -0.3 is 4.74 Å². The topological polar surface area (TPSA) is 38.3 Å². The lowest BCUT2D eigenvalue weighted by Crippen LogP contribution is -2.49. The van der Waals surface area contributed by atoms with Crippen molar-refractivity contribution in [2.75, 3.05) is 5.32 Å². The van der Waals surface area contributed by atoms with E-state index >= 15 is 0 Å². The van der Waals surface area contributed by atoms with Gasteiger partial charge in [-0.2, -0.15) is 13.2 Å². The quantitative estimate of drug-likeness (QED) is 0.718. The van der Waals surface area contributed by atoms with Gasteiger partial charge in [0.1, 0.15) is 0 Å². The van der Waals surface area contributed by atoms with Crippen molar-refractivity contribution in [2.45, 2.75) is 24.6 Å². The number of carbonyl (C=O) groups is 1. The zero-order valence-corrected chi connectivity index (χ0v) is 12.4. The Morgan fingerprint density at radius 1 is 1.17 bits per heavy atom. The van der Waals surface area contributed by atoms with Gasteiger partial charge in [0.05, 0.1) is 5.69 Å². The van der Waals surface area contributed by atoms with Crippen LogP contribution in [-0.2, 0) is 10.3 Å². The van der Waals surface area contributed by atoms with Crippen LogP contribution in [0.1, 0.15) is 18.4 Å². The summed E-state index contributed by atoms with van der Waals surface area (Å²) in [5.41, 5.74) is -3.04. The SMILES string of the molecule is O=C1Nc2cc3ccccc3cc2[C@@](C#CC2CC2)(C(F)(F)F)O1. The van der Waals surface area contributed by atoms with Crippen LogP contribution in [0.25, 0.3) is 10.8 Å². The van der Waals surface area contributed by atoms with Gasteiger partial charge in [-0.05, 0) is 41.7 Å². The Hall–Kier alpha value is -2.68. The number of amides is 1. The highest BCUT2D eigenvalue weighted by atomic mass is 19.4. The Morgan fingerprint density at radius 2 is 1.83 bits per heavy atom. The number of hydrogen-bond acceptors (Lipinski definition) is 2. The number of benzene rings is 2. The molecule has 0 saturated heterocycles. The van der Waals surface area contributed by atoms with Crippen molar-refractivity contribution in [3.63, 3.8) is 0 Å². The highest BCUT2D eigenvalue weighted by Crippen LogP contribution is 2.48. The summed E-state index contributed by atoms with van der Waals surface area (Å²) in [5, 5.41) is 3.70. The van der Waals surface area contributed by atoms with E-state index < -0.39 is 17.9 Å². The lowest BCUT2D eigenvalue weighted by Gasteiger charge is -2.36. The van der Waals surface area contributed by atoms with E-state index in [1.807, 2.05) is 0 Å². The Kier molecular flexibility index (Phi) is 3.04. The second-order valence-electron chi connectivity index (χ2n) is 5.98. The molecule has 0 unspecified atom stereocenters. The molecule has 4 rings (SSSR count). The van der Waals surface area contributed by atoms with E-state index in [2.05, 4.69) is 17.2 Å². The number of ether oxygens (including phenoxy) is 1. The van der Waals surface area contributed by atoms with Crippen LogP contribution in [0.3, 0.4) is 0 Å². The average Bonchev–Trinajstić information content (AvgIpc) is 3.34. The summed E-state index contributed by atoms with van der Waals surface area (Å²) in [7, 11) is 0. The maximum Gasteiger partial charge on any atom is 0.445 e. The Morgan fingerprint density at radius 3 is 2.46 bits per heavy atom. The van der Waals surface area contributed by atoms with Crippen molar-refractivity contribution in [1.29, 1.82) is 0 Å². The summed E-state index contributed by atoms with van der Waals surface area (Å²) in [6, 6.07) is 9.90. The van der Waals surface area contributed by atoms with Crippen LogP contribution in [0.5, 0.6) is 0 Å². The van der Waals surface area contributed by atoms with Crippen LogP contribution in [0.15, 0.2) is 36.4 Å². The second kappa shape index (κ2) is 4.91. The average molecular weight is 331 g/mol. The van der Waals surface area contributed by atoms with E-state index in [0.29, 0.717) is 5.39 Å². The van der Waals surface area contributed by atoms with Crippen LogP contribution in [0.2, 0.25) is 0 Å². The van der Waals surface area contributed by atoms with Crippen molar-refractivity contribution in [2.24, 2.45) is 5.92 Å². The molecule has 6 heteroatoms. The summed E-state index contributed by atoms with van der Waals surface area (Å²) in [6.45, 7) is 0. The molecule has 3 nitrogen and oxygen atoms in total. The van der Waals surface area contributed by atoms with Gasteiger partial charge in [-0.25, -0.2) is 4.79 Å². The number of halogens is 3. The zero-order valence-electron chi connectivity index (χ0n) is 12.4. The first-order valence-electron chi connectivity index (χ1n) is 7.52. The first-order valence-corrected chi connectivity index (χ1v) is 7.52. The molecule has 2 aliphatic rings. The monoisotopic (exact) mass is 331 g/mol. The van der Waals surface area contributed by atoms with Gasteiger partial charge in [-0.15, -0.1) is 0 Å². The van der Waals surface area contributed by atoms with Crippen LogP contribution < -0.4 is 5.32 Å². The standard InChI is InChI=1S/C18H12F3NO2/c19-18(20,21)17(8-7-11-5-6-11)14-9-12-3-1-2-4-13(12)10-15(14)22-16(23)24-17/h1-4,9-11H,5-6H2,(H,22,23)/t17-/m0/s1. The highest BCUT2D eigenvalue weighted by Gasteiger charge is 2.62. The summed E-state index contributed by atoms with van der Waals surface area (Å²) in [4.78, 5) is 11.8. The molecule has 122 valence electrons. The molecular weight excluding hydrogens is 319 g/mol. The summed E-state index contributed by atoms with van der Waals surface area (Å²) in [6.07, 6.45) is -4.44. The fraction of sp³-hybridized carbons (Fsp3) is 0.278. The van der Waals surface area contributed by atoms with Crippen molar-refractivity contribution in [1.82, 2.24) is 0 Å². The van der Waals surface area contributed by atoms with E-state index in [-0.39, 0.29) is 17.2 Å². The predicted octanol–water partition coefficient (Wildman–Crippen LogP) is 4.57. The van der Waals surface area contributed by atoms with Crippen LogP contribution in [0.4, 0.5) is 23.7 Å². The molecule has 1 aliphatic heterocycles. The van der Waals surface area contributed by atoms with Crippen LogP contribution >= 0.6 is 0 Å². The molecule has 24 heavy (non-hydrogen) atoms. The molecule has 0 spiro atoms. The van der Waals surface area contributed by atoms with Crippen molar-refractivity contribution >= 4 is 22.6 Å². The molecule has 1 N–H and O–H groups in total. The number of cyclic esters (lactones) is 1. The zero-order chi connectivity index (χ0) is 16.9. The Labute approximate surface area is 135 Å². The number of alkyl halides is 3. The van der Waals surface area contributed by atoms with Gasteiger partial charge >= 0.3 is 12.3 Å². The minimum Gasteiger partial charge on any atom is -0.415 e. The highest BCUT2D eigenvalue weighted by molar-refractivity contribution is 5.96. The number of carbonyl (C=O) groups excluding carboxylic acids is 1. The van der Waals surface area contributed by atoms with Crippen molar-refractivity contribution in [3.8, 4) is 11.8 Å². The number of fused-ring (bicyclic) bond motifs is 2. The van der Waals surface area contributed by atoms with Gasteiger partial charge in [-0.1, -0.05) is 30.2 Å². The van der Waals surface area contributed by atoms with E-state index in [1.54, 1.807) is 24.3 Å². The number of anilines is 1.